The molecule has 2 aromatic carbocycles. The summed E-state index contributed by atoms with van der Waals surface area (Å²) < 4.78 is 0. The SMILES string of the molecule is CC(C)(C)[Si](C)([Si](=c1ccc(=c2ccc(=[Si]([Si](C)(C(C)(C)C)C(C)(C)C)[Si](C)(C(C)(C)C)C(C)(C)C)cc2)cc1)[Si](C)(C(C)(C)C)C(C)(C)C)C(C)(C)C. The van der Waals surface area contributed by atoms with Gasteiger partial charge in [-0.05, 0) is 50.7 Å². The molecule has 0 fully saturated rings. The maximum absolute atomic E-state index is 2.83. The van der Waals surface area contributed by atoms with Crippen LogP contribution in [0.3, 0.4) is 0 Å². The van der Waals surface area contributed by atoms with Gasteiger partial charge in [0.2, 0.25) is 0 Å². The summed E-state index contributed by atoms with van der Waals surface area (Å²) in [4.78, 5) is 3.41. The van der Waals surface area contributed by atoms with Gasteiger partial charge in [-0.1, -0.05) is 251 Å². The zero-order valence-corrected chi connectivity index (χ0v) is 47.6. The third-order valence-corrected chi connectivity index (χ3v) is 98.0. The minimum absolute atomic E-state index is 0.300. The molecular formula is C48H92Si6. The smallest absolute Gasteiger partial charge is 0.0681 e. The van der Waals surface area contributed by atoms with Gasteiger partial charge in [0.15, 0.2) is 0 Å². The molecule has 6 heteroatoms. The molecule has 0 nitrogen and oxygen atoms in total. The molecule has 0 spiro atoms. The van der Waals surface area contributed by atoms with Crippen molar-refractivity contribution in [3.05, 3.63) is 68.6 Å². The minimum atomic E-state index is -1.92. The van der Waals surface area contributed by atoms with Crippen molar-refractivity contribution in [3.63, 3.8) is 0 Å². The van der Waals surface area contributed by atoms with Crippen LogP contribution in [0.1, 0.15) is 166 Å². The second-order valence-electron chi connectivity index (χ2n) is 26.4. The maximum atomic E-state index is 2.83. The van der Waals surface area contributed by atoms with Crippen molar-refractivity contribution in [1.29, 1.82) is 0 Å². The van der Waals surface area contributed by atoms with Crippen LogP contribution in [0.25, 0.3) is 0 Å². The lowest BCUT2D eigenvalue weighted by molar-refractivity contribution is 0.625. The van der Waals surface area contributed by atoms with Gasteiger partial charge in [-0.15, -0.1) is 0 Å². The number of rotatable bonds is 4. The van der Waals surface area contributed by atoms with Gasteiger partial charge in [-0.2, -0.15) is 0 Å². The summed E-state index contributed by atoms with van der Waals surface area (Å²) in [6.07, 6.45) is 0. The highest BCUT2D eigenvalue weighted by Gasteiger charge is 2.64. The average molecular weight is 838 g/mol. The van der Waals surface area contributed by atoms with Crippen LogP contribution in [0.5, 0.6) is 0 Å². The summed E-state index contributed by atoms with van der Waals surface area (Å²) >= 11 is 0. The molecule has 0 radical (unpaired) electrons. The molecule has 0 saturated heterocycles. The largest absolute Gasteiger partial charge is 0.0695 e. The predicted octanol–water partition coefficient (Wildman–Crippen LogP) is 16.7. The topological polar surface area (TPSA) is 0 Å². The van der Waals surface area contributed by atoms with Gasteiger partial charge in [0, 0.05) is 14.9 Å². The van der Waals surface area contributed by atoms with Crippen LogP contribution in [0.15, 0.2) is 48.5 Å². The Balaban J connectivity index is 3.40. The Morgan fingerprint density at radius 2 is 0.389 bits per heavy atom. The van der Waals surface area contributed by atoms with E-state index in [1.807, 2.05) is 0 Å². The van der Waals surface area contributed by atoms with Crippen LogP contribution < -0.4 is 0 Å². The molecule has 308 valence electrons. The molecule has 0 heterocycles. The molecule has 0 aliphatic heterocycles. The number of hydrogen-bond donors (Lipinski definition) is 0. The fraction of sp³-hybridized carbons (Fsp3) is 0.750. The summed E-state index contributed by atoms with van der Waals surface area (Å²) in [7, 11) is -9.55. The lowest BCUT2D eigenvalue weighted by Crippen LogP contribution is -2.72. The zero-order valence-electron chi connectivity index (χ0n) is 41.6. The summed E-state index contributed by atoms with van der Waals surface area (Å²) in [5, 5.41) is 5.15. The van der Waals surface area contributed by atoms with E-state index in [9.17, 15) is 0 Å². The van der Waals surface area contributed by atoms with Crippen LogP contribution in [0.2, 0.25) is 66.5 Å². The molecule has 0 N–H and O–H groups in total. The standard InChI is InChI=1S/C48H92Si6/c1-41(2,3)51(25,42(4,5)6)49(52(26,43(7,8)9)44(10,11)12)39-33-29-37(30-34-39)38-31-35-40(36-32-38)50(53(27,45(13,14)15)46(16,17)18)54(28,47(19,20)21)48(22,23)24/h29-36H,1-28H3. The van der Waals surface area contributed by atoms with E-state index in [0.717, 1.165) is 0 Å². The fourth-order valence-electron chi connectivity index (χ4n) is 11.3. The third-order valence-electron chi connectivity index (χ3n) is 16.7. The average Bonchev–Trinajstić information content (AvgIpc) is 2.93. The van der Waals surface area contributed by atoms with Crippen LogP contribution in [0, 0.1) is 20.1 Å². The highest BCUT2D eigenvalue weighted by molar-refractivity contribution is 7.60. The van der Waals surface area contributed by atoms with E-state index in [2.05, 4.69) is 241 Å². The van der Waals surface area contributed by atoms with Gasteiger partial charge in [-0.25, -0.2) is 0 Å². The van der Waals surface area contributed by atoms with Crippen molar-refractivity contribution in [3.8, 4) is 0 Å². The van der Waals surface area contributed by atoms with E-state index in [1.54, 1.807) is 9.63 Å². The second-order valence-corrected chi connectivity index (χ2v) is 71.1. The summed E-state index contributed by atoms with van der Waals surface area (Å²) in [6.45, 7) is 73.7. The normalized spacial score (nSPS) is 15.4. The molecule has 0 aromatic heterocycles. The fourth-order valence-corrected chi connectivity index (χ4v) is 110. The maximum Gasteiger partial charge on any atom is 0.0695 e. The van der Waals surface area contributed by atoms with Crippen LogP contribution in [-0.2, 0) is 0 Å². The molecule has 2 rings (SSSR count). The van der Waals surface area contributed by atoms with Gasteiger partial charge >= 0.3 is 0 Å². The first kappa shape index (κ1) is 49.9. The molecule has 0 atom stereocenters. The predicted molar refractivity (Wildman–Crippen MR) is 264 cm³/mol. The van der Waals surface area contributed by atoms with Gasteiger partial charge in [0.1, 0.15) is 0 Å². The van der Waals surface area contributed by atoms with Crippen molar-refractivity contribution in [2.75, 3.05) is 0 Å². The second kappa shape index (κ2) is 14.8. The lowest BCUT2D eigenvalue weighted by atomic mass is 10.2. The Morgan fingerprint density at radius 1 is 0.259 bits per heavy atom. The summed E-state index contributed by atoms with van der Waals surface area (Å²) in [6, 6.07) is 20.6. The highest BCUT2D eigenvalue weighted by Crippen LogP contribution is 2.61. The first-order valence-corrected chi connectivity index (χ1v) is 38.4. The van der Waals surface area contributed by atoms with E-state index in [-0.39, 0.29) is 0 Å². The van der Waals surface area contributed by atoms with Crippen molar-refractivity contribution in [2.45, 2.75) is 233 Å². The summed E-state index contributed by atoms with van der Waals surface area (Å²) in [5.74, 6) is 0. The molecule has 0 bridgehead atoms. The minimum Gasteiger partial charge on any atom is -0.0681 e. The Labute approximate surface area is 344 Å². The Kier molecular flexibility index (Phi) is 13.7. The molecule has 54 heavy (non-hydrogen) atoms. The Morgan fingerprint density at radius 3 is 0.500 bits per heavy atom. The van der Waals surface area contributed by atoms with E-state index >= 15 is 0 Å². The van der Waals surface area contributed by atoms with Crippen LogP contribution >= 0.6 is 0 Å². The van der Waals surface area contributed by atoms with Crippen LogP contribution in [-0.4, -0.2) is 45.3 Å². The van der Waals surface area contributed by atoms with E-state index < -0.39 is 45.3 Å². The zero-order chi connectivity index (χ0) is 43.1. The van der Waals surface area contributed by atoms with Crippen LogP contribution in [0.4, 0.5) is 0 Å². The quantitative estimate of drug-likeness (QED) is 0.269. The third kappa shape index (κ3) is 8.16. The molecular weight excluding hydrogens is 745 g/mol. The van der Waals surface area contributed by atoms with Crippen molar-refractivity contribution >= 4 is 45.3 Å². The van der Waals surface area contributed by atoms with Crippen molar-refractivity contribution in [2.24, 2.45) is 0 Å². The Hall–Kier alpha value is -0.259. The molecule has 0 aliphatic carbocycles. The summed E-state index contributed by atoms with van der Waals surface area (Å²) in [5.41, 5.74) is 0. The Bertz CT molecular complexity index is 1550. The van der Waals surface area contributed by atoms with Gasteiger partial charge in [0.05, 0.1) is 30.4 Å². The van der Waals surface area contributed by atoms with Gasteiger partial charge in [-0.3, -0.25) is 0 Å². The highest BCUT2D eigenvalue weighted by atomic mass is 29.6. The molecule has 0 amide bonds. The van der Waals surface area contributed by atoms with Gasteiger partial charge in [0.25, 0.3) is 0 Å². The molecule has 2 aromatic rings. The molecule has 0 aliphatic rings. The van der Waals surface area contributed by atoms with Crippen molar-refractivity contribution < 1.29 is 0 Å². The number of hydrogen-bond acceptors (Lipinski definition) is 0. The number of benzene rings is 2. The van der Waals surface area contributed by atoms with Gasteiger partial charge < -0.3 is 0 Å². The van der Waals surface area contributed by atoms with E-state index in [4.69, 9.17) is 0 Å². The van der Waals surface area contributed by atoms with E-state index in [1.165, 1.54) is 10.4 Å². The monoisotopic (exact) mass is 837 g/mol. The lowest BCUT2D eigenvalue weighted by Gasteiger charge is -2.61. The first-order chi connectivity index (χ1) is 23.4. The first-order valence-electron chi connectivity index (χ1n) is 21.4. The van der Waals surface area contributed by atoms with E-state index in [0.29, 0.717) is 40.3 Å². The molecule has 0 unspecified atom stereocenters. The van der Waals surface area contributed by atoms with Crippen molar-refractivity contribution in [1.82, 2.24) is 0 Å². The molecule has 0 saturated carbocycles.